The fourth-order valence-corrected chi connectivity index (χ4v) is 4.78. The summed E-state index contributed by atoms with van der Waals surface area (Å²) in [5, 5.41) is 11.9. The van der Waals surface area contributed by atoms with Crippen molar-refractivity contribution in [1.29, 1.82) is 0 Å². The molecule has 3 aromatic rings. The summed E-state index contributed by atoms with van der Waals surface area (Å²) in [6, 6.07) is 5.29. The van der Waals surface area contributed by atoms with Crippen molar-refractivity contribution in [2.24, 2.45) is 0 Å². The summed E-state index contributed by atoms with van der Waals surface area (Å²) < 4.78 is 11.3. The first-order chi connectivity index (χ1) is 15.2. The number of thiocarbonyl (C=S) groups is 1. The smallest absolute Gasteiger partial charge is 0.348 e. The van der Waals surface area contributed by atoms with Gasteiger partial charge in [0, 0.05) is 21.8 Å². The number of hydrogen-bond donors (Lipinski definition) is 2. The number of carbonyl (C=O) groups excluding carboxylic acids is 2. The van der Waals surface area contributed by atoms with Crippen LogP contribution in [0.2, 0.25) is 10.0 Å². The van der Waals surface area contributed by atoms with E-state index in [2.05, 4.69) is 15.7 Å². The number of ether oxygens (including phenoxy) is 2. The highest BCUT2D eigenvalue weighted by Gasteiger charge is 2.26. The zero-order chi connectivity index (χ0) is 23.4. The predicted molar refractivity (Wildman–Crippen MR) is 129 cm³/mol. The quantitative estimate of drug-likeness (QED) is 0.352. The molecule has 0 bridgehead atoms. The number of aromatic nitrogens is 2. The Morgan fingerprint density at radius 1 is 1.16 bits per heavy atom. The van der Waals surface area contributed by atoms with E-state index in [-0.39, 0.29) is 15.6 Å². The number of halogens is 2. The van der Waals surface area contributed by atoms with Crippen molar-refractivity contribution in [2.45, 2.75) is 13.5 Å². The molecule has 3 rings (SSSR count). The van der Waals surface area contributed by atoms with Crippen LogP contribution in [0, 0.1) is 6.92 Å². The number of esters is 2. The standard InChI is InChI=1S/C20H18Cl2N4O4S2/c1-10-15(18(27)29-2)17(32-16(10)19(28)30-3)25-20(31)24-11-7-23-26(8-11)9-12-13(21)5-4-6-14(12)22/h4-8H,9H2,1-3H3,(H2,24,25,31). The van der Waals surface area contributed by atoms with Gasteiger partial charge in [0.15, 0.2) is 5.11 Å². The van der Waals surface area contributed by atoms with Gasteiger partial charge >= 0.3 is 11.9 Å². The number of hydrogen-bond acceptors (Lipinski definition) is 7. The number of rotatable bonds is 6. The number of nitrogens with one attached hydrogen (secondary N) is 2. The summed E-state index contributed by atoms with van der Waals surface area (Å²) >= 11 is 18.9. The number of benzene rings is 1. The Bertz CT molecular complexity index is 1170. The molecule has 12 heteroatoms. The van der Waals surface area contributed by atoms with Gasteiger partial charge in [0.1, 0.15) is 9.88 Å². The highest BCUT2D eigenvalue weighted by Crippen LogP contribution is 2.34. The normalized spacial score (nSPS) is 10.5. The minimum absolute atomic E-state index is 0.197. The molecule has 2 heterocycles. The highest BCUT2D eigenvalue weighted by atomic mass is 35.5. The summed E-state index contributed by atoms with van der Waals surface area (Å²) in [6.45, 7) is 2.01. The molecule has 0 amide bonds. The summed E-state index contributed by atoms with van der Waals surface area (Å²) in [4.78, 5) is 24.5. The molecule has 0 radical (unpaired) electrons. The molecule has 1 aromatic carbocycles. The molecule has 0 fully saturated rings. The molecule has 0 spiro atoms. The van der Waals surface area contributed by atoms with Crippen molar-refractivity contribution in [3.63, 3.8) is 0 Å². The third-order valence-electron chi connectivity index (χ3n) is 4.41. The average Bonchev–Trinajstić information content (AvgIpc) is 3.33. The first-order valence-corrected chi connectivity index (χ1v) is 11.1. The second-order valence-corrected chi connectivity index (χ2v) is 8.69. The monoisotopic (exact) mass is 512 g/mol. The SMILES string of the molecule is COC(=O)c1sc(NC(=S)Nc2cnn(Cc3c(Cl)cccc3Cl)c2)c(C(=O)OC)c1C. The largest absolute Gasteiger partial charge is 0.465 e. The van der Waals surface area contributed by atoms with Gasteiger partial charge in [0.2, 0.25) is 0 Å². The fourth-order valence-electron chi connectivity index (χ4n) is 2.86. The number of carbonyl (C=O) groups is 2. The molecule has 8 nitrogen and oxygen atoms in total. The lowest BCUT2D eigenvalue weighted by Crippen LogP contribution is -2.20. The van der Waals surface area contributed by atoms with Crippen LogP contribution in [-0.2, 0) is 16.0 Å². The van der Waals surface area contributed by atoms with Crippen LogP contribution in [0.1, 0.15) is 31.2 Å². The van der Waals surface area contributed by atoms with E-state index >= 15 is 0 Å². The van der Waals surface area contributed by atoms with Gasteiger partial charge in [-0.05, 0) is 36.8 Å². The third-order valence-corrected chi connectivity index (χ3v) is 6.51. The lowest BCUT2D eigenvalue weighted by atomic mass is 10.1. The van der Waals surface area contributed by atoms with Crippen LogP contribution in [0.5, 0.6) is 0 Å². The number of nitrogens with zero attached hydrogens (tertiary/aromatic N) is 2. The summed E-state index contributed by atoms with van der Waals surface area (Å²) in [5.41, 5.74) is 2.01. The zero-order valence-corrected chi connectivity index (χ0v) is 20.3. The van der Waals surface area contributed by atoms with Crippen molar-refractivity contribution in [2.75, 3.05) is 24.9 Å². The molecule has 0 unspecified atom stereocenters. The Kier molecular flexibility index (Phi) is 7.73. The van der Waals surface area contributed by atoms with Crippen LogP contribution in [0.4, 0.5) is 10.7 Å². The number of thiophene rings is 1. The summed E-state index contributed by atoms with van der Waals surface area (Å²) in [7, 11) is 2.53. The van der Waals surface area contributed by atoms with Crippen LogP contribution in [-0.4, -0.2) is 41.1 Å². The Morgan fingerprint density at radius 2 is 1.81 bits per heavy atom. The van der Waals surface area contributed by atoms with Crippen molar-refractivity contribution in [3.05, 3.63) is 62.2 Å². The van der Waals surface area contributed by atoms with Crippen LogP contribution >= 0.6 is 46.8 Å². The van der Waals surface area contributed by atoms with Gasteiger partial charge in [-0.2, -0.15) is 5.10 Å². The van der Waals surface area contributed by atoms with E-state index in [0.29, 0.717) is 32.8 Å². The second-order valence-electron chi connectivity index (χ2n) is 6.45. The summed E-state index contributed by atoms with van der Waals surface area (Å²) in [5.74, 6) is -1.15. The van der Waals surface area contributed by atoms with Gasteiger partial charge in [0.25, 0.3) is 0 Å². The number of methoxy groups -OCH3 is 2. The van der Waals surface area contributed by atoms with E-state index in [0.717, 1.165) is 16.9 Å². The van der Waals surface area contributed by atoms with E-state index < -0.39 is 11.9 Å². The van der Waals surface area contributed by atoms with Crippen molar-refractivity contribution in [3.8, 4) is 0 Å². The van der Waals surface area contributed by atoms with Gasteiger partial charge in [-0.3, -0.25) is 4.68 Å². The van der Waals surface area contributed by atoms with Gasteiger partial charge in [0.05, 0.1) is 38.2 Å². The Morgan fingerprint density at radius 3 is 2.44 bits per heavy atom. The maximum absolute atomic E-state index is 12.2. The number of anilines is 2. The molecule has 0 aliphatic carbocycles. The van der Waals surface area contributed by atoms with Crippen LogP contribution in [0.3, 0.4) is 0 Å². The van der Waals surface area contributed by atoms with E-state index in [4.69, 9.17) is 44.9 Å². The molecular weight excluding hydrogens is 495 g/mol. The molecule has 0 atom stereocenters. The Labute approximate surface area is 203 Å². The van der Waals surface area contributed by atoms with Gasteiger partial charge in [-0.15, -0.1) is 11.3 Å². The fraction of sp³-hybridized carbons (Fsp3) is 0.200. The first-order valence-electron chi connectivity index (χ1n) is 9.08. The van der Waals surface area contributed by atoms with E-state index in [1.807, 2.05) is 0 Å². The topological polar surface area (TPSA) is 94.5 Å². The Balaban J connectivity index is 1.75. The summed E-state index contributed by atoms with van der Waals surface area (Å²) in [6.07, 6.45) is 3.31. The highest BCUT2D eigenvalue weighted by molar-refractivity contribution is 7.80. The van der Waals surface area contributed by atoms with Crippen LogP contribution in [0.25, 0.3) is 0 Å². The molecule has 0 saturated carbocycles. The third kappa shape index (κ3) is 5.21. The van der Waals surface area contributed by atoms with Crippen LogP contribution < -0.4 is 10.6 Å². The van der Waals surface area contributed by atoms with Crippen molar-refractivity contribution < 1.29 is 19.1 Å². The second kappa shape index (κ2) is 10.3. The molecule has 168 valence electrons. The van der Waals surface area contributed by atoms with Gasteiger partial charge in [-0.25, -0.2) is 9.59 Å². The lowest BCUT2D eigenvalue weighted by Gasteiger charge is -2.09. The molecule has 0 saturated heterocycles. The predicted octanol–water partition coefficient (Wildman–Crippen LogP) is 4.99. The molecule has 2 aromatic heterocycles. The maximum atomic E-state index is 12.2. The molecule has 0 aliphatic heterocycles. The molecule has 2 N–H and O–H groups in total. The lowest BCUT2D eigenvalue weighted by molar-refractivity contribution is 0.0601. The zero-order valence-electron chi connectivity index (χ0n) is 17.2. The average molecular weight is 513 g/mol. The van der Waals surface area contributed by atoms with E-state index in [9.17, 15) is 9.59 Å². The van der Waals surface area contributed by atoms with Gasteiger partial charge < -0.3 is 20.1 Å². The van der Waals surface area contributed by atoms with E-state index in [1.165, 1.54) is 14.2 Å². The van der Waals surface area contributed by atoms with Crippen molar-refractivity contribution in [1.82, 2.24) is 9.78 Å². The maximum Gasteiger partial charge on any atom is 0.348 e. The molecular formula is C20H18Cl2N4O4S2. The van der Waals surface area contributed by atoms with Crippen molar-refractivity contribution >= 4 is 74.5 Å². The first kappa shape index (κ1) is 24.0. The minimum atomic E-state index is -0.594. The molecule has 0 aliphatic rings. The molecule has 32 heavy (non-hydrogen) atoms. The van der Waals surface area contributed by atoms with Gasteiger partial charge in [-0.1, -0.05) is 29.3 Å². The van der Waals surface area contributed by atoms with Crippen LogP contribution in [0.15, 0.2) is 30.6 Å². The Hall–Kier alpha value is -2.66. The minimum Gasteiger partial charge on any atom is -0.465 e. The van der Waals surface area contributed by atoms with E-state index in [1.54, 1.807) is 42.2 Å².